The van der Waals surface area contributed by atoms with E-state index >= 15 is 0 Å². The third-order valence-corrected chi connectivity index (χ3v) is 6.45. The number of hydrogen-bond donors (Lipinski definition) is 0. The fraction of sp³-hybridized carbons (Fsp3) is 0.929. The second-order valence-electron chi connectivity index (χ2n) is 7.31. The molecule has 0 aliphatic heterocycles. The minimum Gasteiger partial charge on any atom is -0.463 e. The number of halogens is 16. The van der Waals surface area contributed by atoms with Crippen molar-refractivity contribution in [1.29, 1.82) is 0 Å². The minimum atomic E-state index is -7.86. The van der Waals surface area contributed by atoms with Crippen LogP contribution in [-0.4, -0.2) is 82.7 Å². The lowest BCUT2D eigenvalue weighted by atomic mass is 9.40. The van der Waals surface area contributed by atoms with Gasteiger partial charge < -0.3 is 9.47 Å². The molecule has 0 amide bonds. The molecule has 0 unspecified atom stereocenters. The van der Waals surface area contributed by atoms with Crippen LogP contribution in [0.25, 0.3) is 0 Å². The predicted molar refractivity (Wildman–Crippen MR) is 74.6 cm³/mol. The van der Waals surface area contributed by atoms with Crippen LogP contribution in [0.4, 0.5) is 65.9 Å². The van der Waals surface area contributed by atoms with Gasteiger partial charge in [-0.25, -0.2) is 13.2 Å². The molecule has 4 fully saturated rings. The Morgan fingerprint density at radius 1 is 0.545 bits per heavy atom. The second kappa shape index (κ2) is 6.16. The maximum absolute atomic E-state index is 14.8. The van der Waals surface area contributed by atoms with Crippen LogP contribution in [0.15, 0.2) is 0 Å². The van der Waals surface area contributed by atoms with Gasteiger partial charge >= 0.3 is 58.5 Å². The first kappa shape index (κ1) is 26.5. The second-order valence-corrected chi connectivity index (χ2v) is 7.87. The summed E-state index contributed by atoms with van der Waals surface area (Å²) < 4.78 is 225. The SMILES string of the molecule is O=C(CBr)OCCOC12C(F)(F)C3(F)C(F)(F)C(F)(C(F)(F)C(F)(C3(F)F)C1(F)F)C2(F)F. The molecule has 192 valence electrons. The molecule has 0 N–H and O–H groups in total. The Hall–Kier alpha value is -1.14. The first-order valence-electron chi connectivity index (χ1n) is 8.15. The van der Waals surface area contributed by atoms with Gasteiger partial charge in [0.15, 0.2) is 0 Å². The maximum Gasteiger partial charge on any atom is 0.339 e. The van der Waals surface area contributed by atoms with Gasteiger partial charge in [-0.2, -0.15) is 52.7 Å². The van der Waals surface area contributed by atoms with E-state index < -0.39 is 82.7 Å². The van der Waals surface area contributed by atoms with Crippen molar-refractivity contribution < 1.29 is 80.1 Å². The van der Waals surface area contributed by atoms with Crippen LogP contribution in [0.5, 0.6) is 0 Å². The van der Waals surface area contributed by atoms with Crippen molar-refractivity contribution in [3.63, 3.8) is 0 Å². The Labute approximate surface area is 179 Å². The number of hydrogen-bond acceptors (Lipinski definition) is 3. The van der Waals surface area contributed by atoms with Crippen molar-refractivity contribution in [3.05, 3.63) is 0 Å². The normalized spacial score (nSPS) is 44.5. The van der Waals surface area contributed by atoms with Crippen LogP contribution in [0.2, 0.25) is 0 Å². The van der Waals surface area contributed by atoms with E-state index in [0.717, 1.165) is 0 Å². The van der Waals surface area contributed by atoms with Crippen LogP contribution in [-0.2, 0) is 14.3 Å². The zero-order valence-electron chi connectivity index (χ0n) is 14.9. The fourth-order valence-corrected chi connectivity index (χ4v) is 4.63. The van der Waals surface area contributed by atoms with E-state index in [1.165, 1.54) is 0 Å². The van der Waals surface area contributed by atoms with Crippen LogP contribution >= 0.6 is 15.9 Å². The minimum absolute atomic E-state index is 0.708. The summed E-state index contributed by atoms with van der Waals surface area (Å²) in [6.07, 6.45) is 0. The molecule has 0 aromatic rings. The summed E-state index contributed by atoms with van der Waals surface area (Å²) in [4.78, 5) is 10.9. The number of carbonyl (C=O) groups is 1. The molecule has 4 saturated carbocycles. The Kier molecular flexibility index (Phi) is 4.94. The molecule has 19 heteroatoms. The molecule has 4 aliphatic rings. The topological polar surface area (TPSA) is 35.5 Å². The predicted octanol–water partition coefficient (Wildman–Crippen LogP) is 4.66. The highest BCUT2D eigenvalue weighted by Gasteiger charge is 3.23. The molecule has 4 bridgehead atoms. The van der Waals surface area contributed by atoms with Crippen molar-refractivity contribution in [2.24, 2.45) is 0 Å². The zero-order valence-corrected chi connectivity index (χ0v) is 16.5. The molecule has 0 radical (unpaired) electrons. The van der Waals surface area contributed by atoms with Crippen molar-refractivity contribution in [2.75, 3.05) is 18.5 Å². The number of ether oxygens (including phenoxy) is 2. The average Bonchev–Trinajstić information content (AvgIpc) is 2.67. The molecular formula is C14H6BrF15O3. The van der Waals surface area contributed by atoms with E-state index in [1.54, 1.807) is 0 Å². The molecule has 4 rings (SSSR count). The molecule has 0 saturated heterocycles. The number of esters is 1. The first-order valence-corrected chi connectivity index (χ1v) is 9.27. The lowest BCUT2D eigenvalue weighted by molar-refractivity contribution is -0.619. The van der Waals surface area contributed by atoms with Gasteiger partial charge in [0.05, 0.1) is 6.61 Å². The summed E-state index contributed by atoms with van der Waals surface area (Å²) in [5.41, 5.74) is -30.1. The van der Waals surface area contributed by atoms with Crippen LogP contribution < -0.4 is 0 Å². The molecule has 3 nitrogen and oxygen atoms in total. The summed E-state index contributed by atoms with van der Waals surface area (Å²) in [5, 5.41) is -0.708. The van der Waals surface area contributed by atoms with Gasteiger partial charge in [0, 0.05) is 0 Å². The Bertz CT molecular complexity index is 776. The summed E-state index contributed by atoms with van der Waals surface area (Å²) >= 11 is 2.44. The van der Waals surface area contributed by atoms with E-state index in [1.807, 2.05) is 0 Å². The van der Waals surface area contributed by atoms with Gasteiger partial charge in [0.2, 0.25) is 0 Å². The zero-order chi connectivity index (χ0) is 26.1. The summed E-state index contributed by atoms with van der Waals surface area (Å²) in [6, 6.07) is 0. The van der Waals surface area contributed by atoms with E-state index in [0.29, 0.717) is 0 Å². The van der Waals surface area contributed by atoms with Crippen molar-refractivity contribution in [2.45, 2.75) is 58.1 Å². The van der Waals surface area contributed by atoms with Crippen LogP contribution in [0.3, 0.4) is 0 Å². The molecule has 0 aromatic carbocycles. The van der Waals surface area contributed by atoms with Crippen molar-refractivity contribution >= 4 is 21.9 Å². The Morgan fingerprint density at radius 3 is 1.12 bits per heavy atom. The molecular weight excluding hydrogens is 581 g/mol. The van der Waals surface area contributed by atoms with Gasteiger partial charge in [-0.3, -0.25) is 4.79 Å². The van der Waals surface area contributed by atoms with Crippen LogP contribution in [0.1, 0.15) is 0 Å². The monoisotopic (exact) mass is 586 g/mol. The van der Waals surface area contributed by atoms with E-state index in [-0.39, 0.29) is 0 Å². The molecule has 0 heterocycles. The van der Waals surface area contributed by atoms with Crippen molar-refractivity contribution in [1.82, 2.24) is 0 Å². The Morgan fingerprint density at radius 2 is 0.848 bits per heavy atom. The molecule has 4 aliphatic carbocycles. The third-order valence-electron chi connectivity index (χ3n) is 5.99. The maximum atomic E-state index is 14.8. The molecule has 0 aromatic heterocycles. The Balaban J connectivity index is 2.41. The molecule has 0 spiro atoms. The number of carbonyl (C=O) groups excluding carboxylic acids is 1. The largest absolute Gasteiger partial charge is 0.463 e. The molecule has 0 atom stereocenters. The van der Waals surface area contributed by atoms with Gasteiger partial charge in [0.25, 0.3) is 5.60 Å². The van der Waals surface area contributed by atoms with Crippen molar-refractivity contribution in [3.8, 4) is 0 Å². The van der Waals surface area contributed by atoms with Gasteiger partial charge in [-0.05, 0) is 0 Å². The summed E-state index contributed by atoms with van der Waals surface area (Å²) in [6.45, 7) is -3.90. The lowest BCUT2D eigenvalue weighted by Gasteiger charge is -2.74. The quantitative estimate of drug-likeness (QED) is 0.204. The van der Waals surface area contributed by atoms with Gasteiger partial charge in [0.1, 0.15) is 11.9 Å². The fourth-order valence-electron chi connectivity index (χ4n) is 4.47. The number of alkyl halides is 16. The molecule has 33 heavy (non-hydrogen) atoms. The van der Waals surface area contributed by atoms with Gasteiger partial charge in [-0.1, -0.05) is 15.9 Å². The van der Waals surface area contributed by atoms with Gasteiger partial charge in [-0.15, -0.1) is 0 Å². The lowest BCUT2D eigenvalue weighted by Crippen LogP contribution is -3.10. The van der Waals surface area contributed by atoms with E-state index in [2.05, 4.69) is 25.4 Å². The highest BCUT2D eigenvalue weighted by atomic mass is 79.9. The van der Waals surface area contributed by atoms with E-state index in [9.17, 15) is 70.7 Å². The van der Waals surface area contributed by atoms with Crippen LogP contribution in [0, 0.1) is 0 Å². The third kappa shape index (κ3) is 1.88. The van der Waals surface area contributed by atoms with E-state index in [4.69, 9.17) is 0 Å². The first-order chi connectivity index (χ1) is 14.5. The summed E-state index contributed by atoms with van der Waals surface area (Å²) in [5.74, 6) is -47.8. The highest BCUT2D eigenvalue weighted by molar-refractivity contribution is 9.09. The average molecular weight is 587 g/mol. The number of rotatable bonds is 5. The smallest absolute Gasteiger partial charge is 0.339 e. The highest BCUT2D eigenvalue weighted by Crippen LogP contribution is 2.88. The standard InChI is InChI=1S/C14H6BrF15O3/c15-3-4(31)32-1-2-33-8-12(25,26)5(16)9(19,20)6(17,13(8,27)28)11(23,24)7(18,10(5,21)22)14(8,29)30/h1-3H2. The summed E-state index contributed by atoms with van der Waals surface area (Å²) in [7, 11) is 0.